The van der Waals surface area contributed by atoms with E-state index in [1.54, 1.807) is 7.11 Å². The van der Waals surface area contributed by atoms with E-state index in [0.717, 1.165) is 19.7 Å². The van der Waals surface area contributed by atoms with Gasteiger partial charge in [-0.2, -0.15) is 0 Å². The van der Waals surface area contributed by atoms with Gasteiger partial charge in [0.05, 0.1) is 6.61 Å². The summed E-state index contributed by atoms with van der Waals surface area (Å²) in [5.41, 5.74) is 1.66. The van der Waals surface area contributed by atoms with Crippen LogP contribution in [0.15, 0.2) is 30.3 Å². The number of methoxy groups -OCH3 is 1. The van der Waals surface area contributed by atoms with Crippen molar-refractivity contribution in [2.45, 2.75) is 45.8 Å². The van der Waals surface area contributed by atoms with E-state index in [1.807, 2.05) is 0 Å². The molecular formula is C18H30N2O. The Kier molecular flexibility index (Phi) is 5.42. The minimum atomic E-state index is 0.271. The molecule has 1 N–H and O–H groups in total. The van der Waals surface area contributed by atoms with E-state index in [4.69, 9.17) is 4.74 Å². The van der Waals surface area contributed by atoms with Crippen LogP contribution in [0.1, 0.15) is 39.3 Å². The van der Waals surface area contributed by atoms with Gasteiger partial charge in [-0.1, -0.05) is 51.1 Å². The lowest BCUT2D eigenvalue weighted by molar-refractivity contribution is 0.0211. The van der Waals surface area contributed by atoms with Gasteiger partial charge in [-0.15, -0.1) is 0 Å². The summed E-state index contributed by atoms with van der Waals surface area (Å²) in [6.07, 6.45) is 0. The van der Waals surface area contributed by atoms with Gasteiger partial charge >= 0.3 is 0 Å². The van der Waals surface area contributed by atoms with Crippen LogP contribution in [0.2, 0.25) is 0 Å². The van der Waals surface area contributed by atoms with Gasteiger partial charge < -0.3 is 10.1 Å². The molecule has 21 heavy (non-hydrogen) atoms. The lowest BCUT2D eigenvalue weighted by Gasteiger charge is -2.47. The van der Waals surface area contributed by atoms with Crippen LogP contribution in [0.25, 0.3) is 0 Å². The molecule has 1 aliphatic heterocycles. The van der Waals surface area contributed by atoms with Gasteiger partial charge in [-0.25, -0.2) is 0 Å². The van der Waals surface area contributed by atoms with Gasteiger partial charge in [0.15, 0.2) is 0 Å². The quantitative estimate of drug-likeness (QED) is 0.922. The largest absolute Gasteiger partial charge is 0.383 e. The molecule has 3 unspecified atom stereocenters. The Morgan fingerprint density at radius 1 is 1.29 bits per heavy atom. The molecule has 3 nitrogen and oxygen atoms in total. The summed E-state index contributed by atoms with van der Waals surface area (Å²) < 4.78 is 5.40. The Hall–Kier alpha value is -0.900. The van der Waals surface area contributed by atoms with Crippen LogP contribution in [-0.4, -0.2) is 43.8 Å². The minimum absolute atomic E-state index is 0.271. The van der Waals surface area contributed by atoms with Crippen molar-refractivity contribution in [1.82, 2.24) is 10.2 Å². The highest BCUT2D eigenvalue weighted by Crippen LogP contribution is 2.31. The molecule has 3 heteroatoms. The number of hydrogen-bond acceptors (Lipinski definition) is 3. The van der Waals surface area contributed by atoms with E-state index < -0.39 is 0 Å². The number of piperazine rings is 1. The first-order valence-electron chi connectivity index (χ1n) is 7.96. The summed E-state index contributed by atoms with van der Waals surface area (Å²) in [5, 5.41) is 3.75. The predicted octanol–water partition coefficient (Wildman–Crippen LogP) is 3.08. The van der Waals surface area contributed by atoms with Crippen LogP contribution in [0.5, 0.6) is 0 Å². The second-order valence-electron chi connectivity index (χ2n) is 7.25. The standard InChI is InChI=1S/C18H30N2O/c1-14(13-21-5)20-12-17(18(2,3)4)19-11-16(20)15-9-7-6-8-10-15/h6-10,14,16-17,19H,11-13H2,1-5H3. The molecule has 1 aromatic rings. The van der Waals surface area contributed by atoms with Crippen LogP contribution in [0, 0.1) is 5.41 Å². The first kappa shape index (κ1) is 16.5. The third-order valence-corrected chi connectivity index (χ3v) is 4.56. The van der Waals surface area contributed by atoms with Gasteiger partial charge in [0.1, 0.15) is 0 Å². The number of nitrogens with zero attached hydrogens (tertiary/aromatic N) is 1. The monoisotopic (exact) mass is 290 g/mol. The van der Waals surface area contributed by atoms with Crippen LogP contribution in [-0.2, 0) is 4.74 Å². The number of ether oxygens (including phenoxy) is 1. The third-order valence-electron chi connectivity index (χ3n) is 4.56. The summed E-state index contributed by atoms with van der Waals surface area (Å²) in [4.78, 5) is 2.60. The Morgan fingerprint density at radius 2 is 1.95 bits per heavy atom. The molecule has 0 saturated carbocycles. The molecule has 1 aromatic carbocycles. The van der Waals surface area contributed by atoms with Gasteiger partial charge in [0, 0.05) is 38.3 Å². The van der Waals surface area contributed by atoms with E-state index >= 15 is 0 Å². The summed E-state index contributed by atoms with van der Waals surface area (Å²) in [6.45, 7) is 12.0. The van der Waals surface area contributed by atoms with Crippen molar-refractivity contribution >= 4 is 0 Å². The molecule has 1 heterocycles. The van der Waals surface area contributed by atoms with Gasteiger partial charge in [-0.3, -0.25) is 4.90 Å². The Labute approximate surface area is 129 Å². The lowest BCUT2D eigenvalue weighted by Crippen LogP contribution is -2.59. The SMILES string of the molecule is COCC(C)N1CC(C(C)(C)C)NCC1c1ccccc1. The van der Waals surface area contributed by atoms with Crippen molar-refractivity contribution in [3.8, 4) is 0 Å². The fourth-order valence-electron chi connectivity index (χ4n) is 3.16. The fourth-order valence-corrected chi connectivity index (χ4v) is 3.16. The molecule has 1 aliphatic rings. The molecular weight excluding hydrogens is 260 g/mol. The first-order chi connectivity index (χ1) is 9.93. The van der Waals surface area contributed by atoms with Crippen LogP contribution < -0.4 is 5.32 Å². The highest BCUT2D eigenvalue weighted by Gasteiger charge is 2.36. The second kappa shape index (κ2) is 6.91. The molecule has 1 saturated heterocycles. The number of nitrogens with one attached hydrogen (secondary N) is 1. The molecule has 0 bridgehead atoms. The molecule has 118 valence electrons. The van der Waals surface area contributed by atoms with E-state index in [1.165, 1.54) is 5.56 Å². The molecule has 1 fully saturated rings. The number of benzene rings is 1. The second-order valence-corrected chi connectivity index (χ2v) is 7.25. The molecule has 2 rings (SSSR count). The number of hydrogen-bond donors (Lipinski definition) is 1. The first-order valence-corrected chi connectivity index (χ1v) is 7.96. The molecule has 0 spiro atoms. The summed E-state index contributed by atoms with van der Waals surface area (Å²) in [7, 11) is 1.79. The van der Waals surface area contributed by atoms with Crippen molar-refractivity contribution in [1.29, 1.82) is 0 Å². The number of rotatable bonds is 4. The van der Waals surface area contributed by atoms with E-state index in [2.05, 4.69) is 68.2 Å². The Bertz CT molecular complexity index is 427. The fraction of sp³-hybridized carbons (Fsp3) is 0.667. The maximum Gasteiger partial charge on any atom is 0.0615 e. The Morgan fingerprint density at radius 3 is 2.52 bits per heavy atom. The maximum absolute atomic E-state index is 5.40. The van der Waals surface area contributed by atoms with Crippen LogP contribution >= 0.6 is 0 Å². The maximum atomic E-state index is 5.40. The zero-order valence-corrected chi connectivity index (χ0v) is 14.1. The summed E-state index contributed by atoms with van der Waals surface area (Å²) in [5.74, 6) is 0. The van der Waals surface area contributed by atoms with Gasteiger partial charge in [0.25, 0.3) is 0 Å². The van der Waals surface area contributed by atoms with Crippen molar-refractivity contribution in [3.63, 3.8) is 0 Å². The predicted molar refractivity (Wildman–Crippen MR) is 88.5 cm³/mol. The molecule has 0 amide bonds. The normalized spacial score (nSPS) is 25.8. The van der Waals surface area contributed by atoms with Crippen molar-refractivity contribution < 1.29 is 4.74 Å². The average molecular weight is 290 g/mol. The van der Waals surface area contributed by atoms with Crippen molar-refractivity contribution in [2.75, 3.05) is 26.8 Å². The smallest absolute Gasteiger partial charge is 0.0615 e. The molecule has 0 aromatic heterocycles. The van der Waals surface area contributed by atoms with Crippen molar-refractivity contribution in [2.24, 2.45) is 5.41 Å². The highest BCUT2D eigenvalue weighted by molar-refractivity contribution is 5.21. The van der Waals surface area contributed by atoms with Crippen LogP contribution in [0.3, 0.4) is 0 Å². The van der Waals surface area contributed by atoms with E-state index in [-0.39, 0.29) is 5.41 Å². The van der Waals surface area contributed by atoms with E-state index in [9.17, 15) is 0 Å². The van der Waals surface area contributed by atoms with Crippen molar-refractivity contribution in [3.05, 3.63) is 35.9 Å². The van der Waals surface area contributed by atoms with E-state index in [0.29, 0.717) is 18.1 Å². The topological polar surface area (TPSA) is 24.5 Å². The minimum Gasteiger partial charge on any atom is -0.383 e. The summed E-state index contributed by atoms with van der Waals surface area (Å²) in [6, 6.07) is 12.2. The van der Waals surface area contributed by atoms with Crippen LogP contribution in [0.4, 0.5) is 0 Å². The molecule has 0 radical (unpaired) electrons. The van der Waals surface area contributed by atoms with Gasteiger partial charge in [0.2, 0.25) is 0 Å². The average Bonchev–Trinajstić information content (AvgIpc) is 2.47. The van der Waals surface area contributed by atoms with Gasteiger partial charge in [-0.05, 0) is 17.9 Å². The molecule has 3 atom stereocenters. The lowest BCUT2D eigenvalue weighted by atomic mass is 9.83. The highest BCUT2D eigenvalue weighted by atomic mass is 16.5. The zero-order chi connectivity index (χ0) is 15.5. The third kappa shape index (κ3) is 4.06. The summed E-state index contributed by atoms with van der Waals surface area (Å²) >= 11 is 0. The zero-order valence-electron chi connectivity index (χ0n) is 14.1. The Balaban J connectivity index is 2.20. The molecule has 0 aliphatic carbocycles.